The van der Waals surface area contributed by atoms with Crippen molar-refractivity contribution in [3.8, 4) is 0 Å². The van der Waals surface area contributed by atoms with Gasteiger partial charge in [-0.3, -0.25) is 0 Å². The topological polar surface area (TPSA) is 32.3 Å². The predicted molar refractivity (Wildman–Crippen MR) is 65.3 cm³/mol. The molecule has 0 aliphatic rings. The molecule has 0 spiro atoms. The SMILES string of the molecule is Cc1ccc(C)c(NC(C)(C)CCO)c1. The average molecular weight is 207 g/mol. The van der Waals surface area contributed by atoms with Crippen LogP contribution < -0.4 is 5.32 Å². The van der Waals surface area contributed by atoms with Crippen molar-refractivity contribution in [2.24, 2.45) is 0 Å². The van der Waals surface area contributed by atoms with Crippen LogP contribution in [0.1, 0.15) is 31.4 Å². The van der Waals surface area contributed by atoms with E-state index >= 15 is 0 Å². The number of hydrogen-bond acceptors (Lipinski definition) is 2. The Balaban J connectivity index is 2.83. The molecule has 0 radical (unpaired) electrons. The van der Waals surface area contributed by atoms with E-state index in [0.29, 0.717) is 0 Å². The quantitative estimate of drug-likeness (QED) is 0.795. The van der Waals surface area contributed by atoms with Crippen LogP contribution in [0.4, 0.5) is 5.69 Å². The molecule has 0 saturated heterocycles. The van der Waals surface area contributed by atoms with Gasteiger partial charge in [-0.15, -0.1) is 0 Å². The average Bonchev–Trinajstić information content (AvgIpc) is 2.10. The van der Waals surface area contributed by atoms with Crippen LogP contribution in [-0.2, 0) is 0 Å². The van der Waals surface area contributed by atoms with Gasteiger partial charge in [-0.25, -0.2) is 0 Å². The van der Waals surface area contributed by atoms with Crippen molar-refractivity contribution in [2.45, 2.75) is 39.7 Å². The maximum Gasteiger partial charge on any atom is 0.0453 e. The lowest BCUT2D eigenvalue weighted by Crippen LogP contribution is -2.32. The summed E-state index contributed by atoms with van der Waals surface area (Å²) < 4.78 is 0. The summed E-state index contributed by atoms with van der Waals surface area (Å²) in [7, 11) is 0. The fraction of sp³-hybridized carbons (Fsp3) is 0.538. The maximum atomic E-state index is 8.96. The minimum Gasteiger partial charge on any atom is -0.396 e. The first-order chi connectivity index (χ1) is 6.94. The fourth-order valence-electron chi connectivity index (χ4n) is 1.58. The van der Waals surface area contributed by atoms with Crippen LogP contribution in [0.25, 0.3) is 0 Å². The number of nitrogens with one attached hydrogen (secondary N) is 1. The normalized spacial score (nSPS) is 11.5. The molecule has 2 nitrogen and oxygen atoms in total. The minimum absolute atomic E-state index is 0.0622. The van der Waals surface area contributed by atoms with Gasteiger partial charge in [0, 0.05) is 17.8 Å². The monoisotopic (exact) mass is 207 g/mol. The minimum atomic E-state index is -0.0622. The Morgan fingerprint density at radius 2 is 1.93 bits per heavy atom. The van der Waals surface area contributed by atoms with E-state index in [-0.39, 0.29) is 12.1 Å². The summed E-state index contributed by atoms with van der Waals surface area (Å²) in [6.07, 6.45) is 0.750. The summed E-state index contributed by atoms with van der Waals surface area (Å²) in [4.78, 5) is 0. The van der Waals surface area contributed by atoms with Crippen LogP contribution in [0.15, 0.2) is 18.2 Å². The highest BCUT2D eigenvalue weighted by Gasteiger charge is 2.17. The molecule has 0 fully saturated rings. The van der Waals surface area contributed by atoms with Crippen LogP contribution in [0.2, 0.25) is 0 Å². The predicted octanol–water partition coefficient (Wildman–Crippen LogP) is 2.88. The largest absolute Gasteiger partial charge is 0.396 e. The van der Waals surface area contributed by atoms with Crippen LogP contribution in [0.5, 0.6) is 0 Å². The highest BCUT2D eigenvalue weighted by Crippen LogP contribution is 2.22. The summed E-state index contributed by atoms with van der Waals surface area (Å²) in [5, 5.41) is 12.4. The third-order valence-corrected chi connectivity index (χ3v) is 2.60. The molecule has 0 atom stereocenters. The number of benzene rings is 1. The molecule has 15 heavy (non-hydrogen) atoms. The van der Waals surface area contributed by atoms with Gasteiger partial charge in [0.25, 0.3) is 0 Å². The van der Waals surface area contributed by atoms with Crippen molar-refractivity contribution in [1.82, 2.24) is 0 Å². The first-order valence-corrected chi connectivity index (χ1v) is 5.41. The van der Waals surface area contributed by atoms with Crippen molar-refractivity contribution in [2.75, 3.05) is 11.9 Å². The molecule has 84 valence electrons. The standard InChI is InChI=1S/C13H21NO/c1-10-5-6-11(2)12(9-10)14-13(3,4)7-8-15/h5-6,9,14-15H,7-8H2,1-4H3. The lowest BCUT2D eigenvalue weighted by atomic mass is 9.99. The van der Waals surface area contributed by atoms with Crippen LogP contribution in [0, 0.1) is 13.8 Å². The van der Waals surface area contributed by atoms with E-state index in [1.165, 1.54) is 11.1 Å². The van der Waals surface area contributed by atoms with Crippen LogP contribution in [-0.4, -0.2) is 17.3 Å². The van der Waals surface area contributed by atoms with E-state index in [0.717, 1.165) is 12.1 Å². The molecule has 2 N–H and O–H groups in total. The van der Waals surface area contributed by atoms with E-state index < -0.39 is 0 Å². The van der Waals surface area contributed by atoms with Crippen LogP contribution in [0.3, 0.4) is 0 Å². The molecule has 0 saturated carbocycles. The summed E-state index contributed by atoms with van der Waals surface area (Å²) in [5.74, 6) is 0. The smallest absolute Gasteiger partial charge is 0.0453 e. The van der Waals surface area contributed by atoms with E-state index in [4.69, 9.17) is 5.11 Å². The van der Waals surface area contributed by atoms with Crippen molar-refractivity contribution < 1.29 is 5.11 Å². The number of rotatable bonds is 4. The Morgan fingerprint density at radius 1 is 1.27 bits per heavy atom. The van der Waals surface area contributed by atoms with Gasteiger partial charge in [0.05, 0.1) is 0 Å². The molecule has 0 amide bonds. The second-order valence-electron chi connectivity index (χ2n) is 4.80. The molecular weight excluding hydrogens is 186 g/mol. The van der Waals surface area contributed by atoms with E-state index in [2.05, 4.69) is 51.2 Å². The zero-order valence-corrected chi connectivity index (χ0v) is 10.1. The Morgan fingerprint density at radius 3 is 2.53 bits per heavy atom. The summed E-state index contributed by atoms with van der Waals surface area (Å²) in [5.41, 5.74) is 3.59. The Labute approximate surface area is 92.3 Å². The van der Waals surface area contributed by atoms with Gasteiger partial charge < -0.3 is 10.4 Å². The van der Waals surface area contributed by atoms with E-state index in [9.17, 15) is 0 Å². The van der Waals surface area contributed by atoms with Gasteiger partial charge in [0.1, 0.15) is 0 Å². The third-order valence-electron chi connectivity index (χ3n) is 2.60. The molecule has 1 rings (SSSR count). The molecule has 1 aromatic carbocycles. The Bertz CT molecular complexity index is 331. The van der Waals surface area contributed by atoms with Crippen molar-refractivity contribution in [1.29, 1.82) is 0 Å². The van der Waals surface area contributed by atoms with Gasteiger partial charge >= 0.3 is 0 Å². The van der Waals surface area contributed by atoms with Crippen molar-refractivity contribution >= 4 is 5.69 Å². The van der Waals surface area contributed by atoms with Gasteiger partial charge in [-0.2, -0.15) is 0 Å². The van der Waals surface area contributed by atoms with E-state index in [1.54, 1.807) is 0 Å². The van der Waals surface area contributed by atoms with Crippen molar-refractivity contribution in [3.63, 3.8) is 0 Å². The molecule has 0 bridgehead atoms. The third kappa shape index (κ3) is 3.56. The Kier molecular flexibility index (Phi) is 3.75. The highest BCUT2D eigenvalue weighted by atomic mass is 16.3. The highest BCUT2D eigenvalue weighted by molar-refractivity contribution is 5.53. The summed E-state index contributed by atoms with van der Waals surface area (Å²) >= 11 is 0. The Hall–Kier alpha value is -1.02. The zero-order valence-electron chi connectivity index (χ0n) is 10.1. The fourth-order valence-corrected chi connectivity index (χ4v) is 1.58. The second kappa shape index (κ2) is 4.67. The molecule has 0 unspecified atom stereocenters. The van der Waals surface area contributed by atoms with Crippen LogP contribution >= 0.6 is 0 Å². The van der Waals surface area contributed by atoms with Gasteiger partial charge in [0.15, 0.2) is 0 Å². The molecule has 0 aliphatic heterocycles. The molecule has 0 aromatic heterocycles. The first-order valence-electron chi connectivity index (χ1n) is 5.41. The molecular formula is C13H21NO. The number of aliphatic hydroxyl groups is 1. The first kappa shape index (κ1) is 12.1. The van der Waals surface area contributed by atoms with Gasteiger partial charge in [-0.05, 0) is 51.3 Å². The number of aliphatic hydroxyl groups excluding tert-OH is 1. The number of hydrogen-bond donors (Lipinski definition) is 2. The molecule has 2 heteroatoms. The lowest BCUT2D eigenvalue weighted by molar-refractivity contribution is 0.261. The van der Waals surface area contributed by atoms with Gasteiger partial charge in [0.2, 0.25) is 0 Å². The molecule has 0 heterocycles. The number of anilines is 1. The van der Waals surface area contributed by atoms with E-state index in [1.807, 2.05) is 0 Å². The van der Waals surface area contributed by atoms with Gasteiger partial charge in [-0.1, -0.05) is 12.1 Å². The summed E-state index contributed by atoms with van der Waals surface area (Å²) in [6.45, 7) is 8.60. The maximum absolute atomic E-state index is 8.96. The summed E-state index contributed by atoms with van der Waals surface area (Å²) in [6, 6.07) is 6.38. The second-order valence-corrected chi connectivity index (χ2v) is 4.80. The number of aryl methyl sites for hydroxylation is 2. The lowest BCUT2D eigenvalue weighted by Gasteiger charge is -2.28. The van der Waals surface area contributed by atoms with Crippen molar-refractivity contribution in [3.05, 3.63) is 29.3 Å². The zero-order chi connectivity index (χ0) is 11.5. The molecule has 0 aliphatic carbocycles. The molecule has 1 aromatic rings.